The fourth-order valence-corrected chi connectivity index (χ4v) is 2.91. The monoisotopic (exact) mass is 338 g/mol. The van der Waals surface area contributed by atoms with Crippen molar-refractivity contribution in [2.75, 3.05) is 0 Å². The van der Waals surface area contributed by atoms with Crippen molar-refractivity contribution in [3.8, 4) is 0 Å². The molecule has 0 bridgehead atoms. The summed E-state index contributed by atoms with van der Waals surface area (Å²) in [6.45, 7) is 0. The molecule has 26 heavy (non-hydrogen) atoms. The Kier molecular flexibility index (Phi) is 3.39. The maximum atomic E-state index is 5.97. The van der Waals surface area contributed by atoms with Crippen LogP contribution in [0, 0.1) is 0 Å². The van der Waals surface area contributed by atoms with Gasteiger partial charge >= 0.3 is 0 Å². The van der Waals surface area contributed by atoms with Crippen LogP contribution in [-0.4, -0.2) is 9.97 Å². The number of aromatic nitrogens is 2. The minimum absolute atomic E-state index is 0.488. The summed E-state index contributed by atoms with van der Waals surface area (Å²) in [4.78, 5) is 9.24. The number of hydrogen-bond donors (Lipinski definition) is 0. The van der Waals surface area contributed by atoms with Crippen molar-refractivity contribution in [2.24, 2.45) is 0 Å². The summed E-state index contributed by atoms with van der Waals surface area (Å²) in [7, 11) is 0. The van der Waals surface area contributed by atoms with Crippen LogP contribution in [0.15, 0.2) is 87.7 Å². The Morgan fingerprint density at radius 2 is 1.12 bits per heavy atom. The van der Waals surface area contributed by atoms with Gasteiger partial charge in [-0.05, 0) is 35.9 Å². The van der Waals surface area contributed by atoms with Crippen molar-refractivity contribution < 1.29 is 8.83 Å². The molecule has 0 unspecified atom stereocenters. The first-order valence-corrected chi connectivity index (χ1v) is 8.35. The van der Waals surface area contributed by atoms with E-state index in [0.29, 0.717) is 17.4 Å². The molecule has 2 aromatic heterocycles. The normalized spacial score (nSPS) is 11.1. The van der Waals surface area contributed by atoms with E-state index in [1.165, 1.54) is 0 Å². The van der Waals surface area contributed by atoms with Crippen LogP contribution in [0.3, 0.4) is 0 Å². The highest BCUT2D eigenvalue weighted by atomic mass is 16.4. The molecular formula is C22H14N2O2. The van der Waals surface area contributed by atoms with Crippen molar-refractivity contribution in [3.63, 3.8) is 0 Å². The quantitative estimate of drug-likeness (QED) is 0.432. The summed E-state index contributed by atoms with van der Waals surface area (Å²) in [6.07, 6.45) is 1.98. The second kappa shape index (κ2) is 6.01. The van der Waals surface area contributed by atoms with Crippen molar-refractivity contribution in [1.82, 2.24) is 9.97 Å². The van der Waals surface area contributed by atoms with E-state index in [4.69, 9.17) is 8.83 Å². The Balaban J connectivity index is 1.73. The van der Waals surface area contributed by atoms with Crippen LogP contribution in [0.4, 0.5) is 0 Å². The van der Waals surface area contributed by atoms with Crippen LogP contribution in [0.1, 0.15) is 17.3 Å². The van der Waals surface area contributed by atoms with Gasteiger partial charge < -0.3 is 8.83 Å². The molecule has 5 aromatic rings. The van der Waals surface area contributed by atoms with Gasteiger partial charge in [0.15, 0.2) is 11.2 Å². The third kappa shape index (κ3) is 2.58. The SMILES string of the molecule is C(=C(c1nc2ccccc2o1)c1nc2ccccc2o1)c1ccccc1. The smallest absolute Gasteiger partial charge is 0.232 e. The number of benzene rings is 3. The predicted octanol–water partition coefficient (Wildman–Crippen LogP) is 5.56. The Labute approximate surface area is 149 Å². The Morgan fingerprint density at radius 3 is 1.65 bits per heavy atom. The first kappa shape index (κ1) is 14.7. The first-order chi connectivity index (χ1) is 12.9. The first-order valence-electron chi connectivity index (χ1n) is 8.35. The average molecular weight is 338 g/mol. The van der Waals surface area contributed by atoms with E-state index in [-0.39, 0.29) is 0 Å². The fourth-order valence-electron chi connectivity index (χ4n) is 2.91. The van der Waals surface area contributed by atoms with Gasteiger partial charge in [-0.25, -0.2) is 9.97 Å². The molecule has 0 spiro atoms. The zero-order chi connectivity index (χ0) is 17.3. The molecule has 4 nitrogen and oxygen atoms in total. The lowest BCUT2D eigenvalue weighted by atomic mass is 10.1. The second-order valence-corrected chi connectivity index (χ2v) is 5.94. The van der Waals surface area contributed by atoms with Crippen LogP contribution in [0.2, 0.25) is 0 Å². The Bertz CT molecular complexity index is 1090. The number of hydrogen-bond acceptors (Lipinski definition) is 4. The fraction of sp³-hybridized carbons (Fsp3) is 0. The lowest BCUT2D eigenvalue weighted by Crippen LogP contribution is -1.89. The molecule has 3 aromatic carbocycles. The van der Waals surface area contributed by atoms with E-state index in [1.54, 1.807) is 0 Å². The largest absolute Gasteiger partial charge is 0.436 e. The Hall–Kier alpha value is -3.66. The van der Waals surface area contributed by atoms with Gasteiger partial charge in [0.1, 0.15) is 16.6 Å². The van der Waals surface area contributed by atoms with E-state index in [0.717, 1.165) is 27.8 Å². The molecule has 0 fully saturated rings. The van der Waals surface area contributed by atoms with Gasteiger partial charge in [-0.1, -0.05) is 54.6 Å². The molecule has 4 heteroatoms. The van der Waals surface area contributed by atoms with Gasteiger partial charge in [0.2, 0.25) is 11.8 Å². The number of nitrogens with zero attached hydrogens (tertiary/aromatic N) is 2. The molecule has 2 heterocycles. The van der Waals surface area contributed by atoms with E-state index in [1.807, 2.05) is 84.9 Å². The van der Waals surface area contributed by atoms with Crippen molar-refractivity contribution >= 4 is 33.8 Å². The summed E-state index contributed by atoms with van der Waals surface area (Å²) < 4.78 is 11.9. The van der Waals surface area contributed by atoms with Gasteiger partial charge in [-0.3, -0.25) is 0 Å². The molecule has 0 radical (unpaired) electrons. The third-order valence-electron chi connectivity index (χ3n) is 4.16. The van der Waals surface area contributed by atoms with E-state index in [9.17, 15) is 0 Å². The van der Waals surface area contributed by atoms with Crippen LogP contribution in [0.25, 0.3) is 33.8 Å². The van der Waals surface area contributed by atoms with Gasteiger partial charge in [-0.2, -0.15) is 0 Å². The zero-order valence-electron chi connectivity index (χ0n) is 13.8. The lowest BCUT2D eigenvalue weighted by molar-refractivity contribution is 0.557. The highest BCUT2D eigenvalue weighted by Crippen LogP contribution is 2.30. The van der Waals surface area contributed by atoms with E-state index < -0.39 is 0 Å². The Morgan fingerprint density at radius 1 is 0.615 bits per heavy atom. The van der Waals surface area contributed by atoms with Gasteiger partial charge in [0, 0.05) is 0 Å². The summed E-state index contributed by atoms with van der Waals surface area (Å²) in [6, 6.07) is 25.4. The highest BCUT2D eigenvalue weighted by molar-refractivity contribution is 5.89. The minimum atomic E-state index is 0.488. The van der Waals surface area contributed by atoms with Gasteiger partial charge in [0.25, 0.3) is 0 Å². The van der Waals surface area contributed by atoms with Crippen molar-refractivity contribution in [1.29, 1.82) is 0 Å². The molecule has 0 atom stereocenters. The average Bonchev–Trinajstić information content (AvgIpc) is 3.30. The maximum absolute atomic E-state index is 5.97. The molecular weight excluding hydrogens is 324 g/mol. The summed E-state index contributed by atoms with van der Waals surface area (Å²) in [5.41, 5.74) is 4.81. The molecule has 0 aliphatic heterocycles. The highest BCUT2D eigenvalue weighted by Gasteiger charge is 2.18. The van der Waals surface area contributed by atoms with Gasteiger partial charge in [-0.15, -0.1) is 0 Å². The summed E-state index contributed by atoms with van der Waals surface area (Å²) in [5.74, 6) is 0.975. The molecule has 0 aliphatic carbocycles. The molecule has 0 saturated carbocycles. The second-order valence-electron chi connectivity index (χ2n) is 5.94. The molecule has 0 N–H and O–H groups in total. The van der Waals surface area contributed by atoms with Crippen molar-refractivity contribution in [2.45, 2.75) is 0 Å². The van der Waals surface area contributed by atoms with Crippen LogP contribution < -0.4 is 0 Å². The van der Waals surface area contributed by atoms with Crippen LogP contribution >= 0.6 is 0 Å². The van der Waals surface area contributed by atoms with Crippen LogP contribution in [0.5, 0.6) is 0 Å². The lowest BCUT2D eigenvalue weighted by Gasteiger charge is -1.99. The molecule has 0 amide bonds. The molecule has 124 valence electrons. The number of rotatable bonds is 3. The maximum Gasteiger partial charge on any atom is 0.232 e. The number of para-hydroxylation sites is 4. The topological polar surface area (TPSA) is 52.1 Å². The molecule has 0 saturated heterocycles. The molecule has 5 rings (SSSR count). The number of fused-ring (bicyclic) bond motifs is 2. The van der Waals surface area contributed by atoms with E-state index in [2.05, 4.69) is 9.97 Å². The predicted molar refractivity (Wildman–Crippen MR) is 101 cm³/mol. The third-order valence-corrected chi connectivity index (χ3v) is 4.16. The standard InChI is InChI=1S/C22H14N2O2/c1-2-8-15(9-3-1)14-16(21-23-17-10-4-6-12-19(17)25-21)22-24-18-11-5-7-13-20(18)26-22/h1-14H. The number of oxazole rings is 2. The molecule has 0 aliphatic rings. The van der Waals surface area contributed by atoms with Crippen molar-refractivity contribution in [3.05, 3.63) is 96.2 Å². The van der Waals surface area contributed by atoms with E-state index >= 15 is 0 Å². The minimum Gasteiger partial charge on any atom is -0.436 e. The van der Waals surface area contributed by atoms with Crippen LogP contribution in [-0.2, 0) is 0 Å². The van der Waals surface area contributed by atoms with Gasteiger partial charge in [0.05, 0.1) is 0 Å². The zero-order valence-corrected chi connectivity index (χ0v) is 13.8. The summed E-state index contributed by atoms with van der Waals surface area (Å²) in [5, 5.41) is 0. The summed E-state index contributed by atoms with van der Waals surface area (Å²) >= 11 is 0.